The summed E-state index contributed by atoms with van der Waals surface area (Å²) in [7, 11) is -0.00713. The highest BCUT2D eigenvalue weighted by molar-refractivity contribution is 14.1. The molecule has 5 heterocycles. The van der Waals surface area contributed by atoms with Crippen molar-refractivity contribution in [3.63, 3.8) is 0 Å². The van der Waals surface area contributed by atoms with Crippen LogP contribution in [-0.2, 0) is 61.1 Å². The van der Waals surface area contributed by atoms with E-state index in [0.29, 0.717) is 51.0 Å². The molecule has 89 heavy (non-hydrogen) atoms. The van der Waals surface area contributed by atoms with Gasteiger partial charge in [-0.05, 0) is 143 Å². The van der Waals surface area contributed by atoms with E-state index in [0.717, 1.165) is 44.1 Å². The van der Waals surface area contributed by atoms with Crippen molar-refractivity contribution in [1.29, 1.82) is 0 Å². The lowest BCUT2D eigenvalue weighted by atomic mass is 9.79. The number of hydrogen-bond acceptors (Lipinski definition) is 13. The zero-order valence-corrected chi connectivity index (χ0v) is 62.0. The summed E-state index contributed by atoms with van der Waals surface area (Å²) in [5.74, 6) is -4.11. The van der Waals surface area contributed by atoms with Crippen LogP contribution in [0.5, 0.6) is 0 Å². The van der Waals surface area contributed by atoms with Crippen LogP contribution in [0.25, 0.3) is 0 Å². The molecule has 1 spiro atoms. The van der Waals surface area contributed by atoms with Crippen molar-refractivity contribution in [2.75, 3.05) is 34.5 Å². The van der Waals surface area contributed by atoms with Gasteiger partial charge in [0, 0.05) is 69.8 Å². The highest BCUT2D eigenvalue weighted by Crippen LogP contribution is 2.50. The topological polar surface area (TPSA) is 139 Å². The number of carbonyl (C=O) groups is 2. The molecule has 5 aliphatic heterocycles. The maximum Gasteiger partial charge on any atom is 0.329 e. The standard InChI is InChI=1S/C72H112INO13Si2/c1-46-37-47(2)39-59(78-17)64(86-88(19,20)68(6,7)8)60(79-18)41-49(4)63-65(84-70(12,13)83-63)66(75)74-36-28-27-33-56(74)67(76)81-62(50(5)61-44-72(87-71(14,15)82-61)52(38-46)43-53(73)45-80-72)48(3)40-51-34-35-57(58(42-51)77-16)85-89(69(9,10)11,54-29-23-21-24-30-54)55-31-25-22-26-32-55/h21-26,29-32,38,40,47,49-53,56-62,64H,27-28,33-37,39,41-45H2,1-20H3/b46-38-,48-40+/t47-,49+,50+,51-,52-,53-,56-,57+,58+,59-,60-,61-,62+,64+,72+/m0/s1. The van der Waals surface area contributed by atoms with Crippen molar-refractivity contribution in [3.8, 4) is 0 Å². The molecule has 3 saturated heterocycles. The third-order valence-corrected chi connectivity index (χ3v) is 31.0. The van der Waals surface area contributed by atoms with Gasteiger partial charge in [-0.1, -0.05) is 163 Å². The molecule has 6 aliphatic rings. The number of methoxy groups -OCH3 is 3. The maximum absolute atomic E-state index is 15.6. The fourth-order valence-corrected chi connectivity index (χ4v) is 21.9. The minimum Gasteiger partial charge on any atom is -0.456 e. The van der Waals surface area contributed by atoms with Crippen LogP contribution < -0.4 is 10.4 Å². The number of halogens is 1. The summed E-state index contributed by atoms with van der Waals surface area (Å²) in [6.45, 7) is 37.5. The highest BCUT2D eigenvalue weighted by Gasteiger charge is 2.57. The maximum atomic E-state index is 15.6. The Morgan fingerprint density at radius 2 is 1.36 bits per heavy atom. The molecule has 2 aromatic rings. The number of rotatable bonds is 11. The minimum absolute atomic E-state index is 0.0812. The second-order valence-electron chi connectivity index (χ2n) is 30.6. The predicted octanol–water partition coefficient (Wildman–Crippen LogP) is 14.5. The molecule has 1 saturated carbocycles. The van der Waals surface area contributed by atoms with Crippen molar-refractivity contribution in [2.45, 2.75) is 268 Å². The molecular weight excluding hydrogens is 1270 g/mol. The van der Waals surface area contributed by atoms with Crippen molar-refractivity contribution in [1.82, 2.24) is 4.90 Å². The van der Waals surface area contributed by atoms with Crippen LogP contribution in [0, 0.1) is 29.6 Å². The summed E-state index contributed by atoms with van der Waals surface area (Å²) < 4.78 is 76.6. The van der Waals surface area contributed by atoms with E-state index in [1.807, 2.05) is 27.7 Å². The first-order valence-corrected chi connectivity index (χ1v) is 39.4. The molecule has 0 unspecified atom stereocenters. The third kappa shape index (κ3) is 16.4. The first kappa shape index (κ1) is 71.9. The number of hydrogen-bond donors (Lipinski definition) is 0. The fourth-order valence-electron chi connectivity index (χ4n) is 15.1. The van der Waals surface area contributed by atoms with Gasteiger partial charge >= 0.3 is 5.97 Å². The second-order valence-corrected chi connectivity index (χ2v) is 41.4. The van der Waals surface area contributed by atoms with E-state index in [9.17, 15) is 0 Å². The SMILES string of the molecule is CO[C@H]1C[C@@H](C)C/C(C)=C\[C@H]2C[C@H](I)CO[C@@]23C[C@H](OC(C)(C)O3)[C@@H](C)[C@@H](/C(C)=C/[C@@H]2CC[C@@H](O[Si](c3ccccc3)(c3ccccc3)C(C)(C)C)[C@H](OC)C2)OC(=O)[C@@H]2CCCCN2C(=O)C2=C(OC(C)(C)O2)[C@H](C)C[C@H](OC)[C@@H]1O[Si](C)(C)C(C)(C)C. The Hall–Kier alpha value is -2.96. The summed E-state index contributed by atoms with van der Waals surface area (Å²) in [6.07, 6.45) is 9.41. The van der Waals surface area contributed by atoms with Crippen molar-refractivity contribution in [2.24, 2.45) is 29.6 Å². The van der Waals surface area contributed by atoms with Crippen LogP contribution in [-0.4, -0.2) is 138 Å². The van der Waals surface area contributed by atoms with Gasteiger partial charge in [0.05, 0.1) is 43.2 Å². The molecule has 17 heteroatoms. The quantitative estimate of drug-likeness (QED) is 0.0694. The Bertz CT molecular complexity index is 2760. The lowest BCUT2D eigenvalue weighted by Gasteiger charge is -2.54. The molecule has 0 aromatic heterocycles. The Kier molecular flexibility index (Phi) is 23.4. The summed E-state index contributed by atoms with van der Waals surface area (Å²) >= 11 is 2.53. The van der Waals surface area contributed by atoms with Gasteiger partial charge in [0.25, 0.3) is 14.2 Å². The van der Waals surface area contributed by atoms with Crippen LogP contribution in [0.15, 0.2) is 95.5 Å². The van der Waals surface area contributed by atoms with E-state index in [2.05, 4.69) is 185 Å². The first-order chi connectivity index (χ1) is 41.7. The number of amides is 1. The summed E-state index contributed by atoms with van der Waals surface area (Å²) in [5, 5.41) is 2.17. The number of cyclic esters (lactones) is 1. The molecule has 8 rings (SSSR count). The van der Waals surface area contributed by atoms with E-state index in [4.69, 9.17) is 51.5 Å². The number of fused-ring (bicyclic) bond motifs is 2. The Morgan fingerprint density at radius 1 is 0.742 bits per heavy atom. The Labute approximate surface area is 551 Å². The molecule has 498 valence electrons. The van der Waals surface area contributed by atoms with E-state index in [1.165, 1.54) is 15.9 Å². The molecule has 4 fully saturated rings. The number of ether oxygens (including phenoxy) is 9. The predicted molar refractivity (Wildman–Crippen MR) is 365 cm³/mol. The normalized spacial score (nSPS) is 34.8. The zero-order valence-electron chi connectivity index (χ0n) is 57.8. The summed E-state index contributed by atoms with van der Waals surface area (Å²) in [6, 6.07) is 20.7. The average Bonchev–Trinajstić information content (AvgIpc) is 2.42. The third-order valence-electron chi connectivity index (χ3n) is 20.6. The van der Waals surface area contributed by atoms with Crippen molar-refractivity contribution in [3.05, 3.63) is 95.5 Å². The van der Waals surface area contributed by atoms with Crippen LogP contribution in [0.2, 0.25) is 23.2 Å². The van der Waals surface area contributed by atoms with Gasteiger partial charge in [-0.15, -0.1) is 0 Å². The Morgan fingerprint density at radius 3 is 1.96 bits per heavy atom. The molecule has 1 amide bonds. The molecule has 0 N–H and O–H groups in total. The Balaban J connectivity index is 1.20. The molecule has 15 atom stereocenters. The number of esters is 1. The number of carbonyl (C=O) groups excluding carboxylic acids is 2. The minimum atomic E-state index is -2.91. The largest absolute Gasteiger partial charge is 0.456 e. The van der Waals surface area contributed by atoms with E-state index < -0.39 is 76.3 Å². The van der Waals surface area contributed by atoms with Gasteiger partial charge in [0.1, 0.15) is 12.1 Å². The molecule has 2 bridgehead atoms. The number of nitrogens with zero attached hydrogens (tertiary/aromatic N) is 1. The van der Waals surface area contributed by atoms with Gasteiger partial charge in [-0.3, -0.25) is 4.79 Å². The molecule has 2 aromatic carbocycles. The number of allylic oxidation sites excluding steroid dienone is 3. The molecule has 0 radical (unpaired) electrons. The lowest BCUT2D eigenvalue weighted by Crippen LogP contribution is -2.68. The van der Waals surface area contributed by atoms with Gasteiger partial charge < -0.3 is 56.4 Å². The van der Waals surface area contributed by atoms with Crippen LogP contribution in [0.3, 0.4) is 0 Å². The lowest BCUT2D eigenvalue weighted by molar-refractivity contribution is -0.422. The van der Waals surface area contributed by atoms with Crippen molar-refractivity contribution >= 4 is 61.5 Å². The summed E-state index contributed by atoms with van der Waals surface area (Å²) in [4.78, 5) is 32.8. The fraction of sp³-hybridized carbons (Fsp3) is 0.722. The van der Waals surface area contributed by atoms with E-state index >= 15 is 9.59 Å². The second kappa shape index (κ2) is 29.0. The van der Waals surface area contributed by atoms with Gasteiger partial charge in [-0.25, -0.2) is 4.79 Å². The molecule has 1 aliphatic carbocycles. The van der Waals surface area contributed by atoms with E-state index in [-0.39, 0.29) is 67.7 Å². The van der Waals surface area contributed by atoms with Crippen LogP contribution >= 0.6 is 22.6 Å². The molecule has 14 nitrogen and oxygen atoms in total. The number of alkyl halides is 1. The van der Waals surface area contributed by atoms with Gasteiger partial charge in [0.2, 0.25) is 11.5 Å². The van der Waals surface area contributed by atoms with E-state index in [1.54, 1.807) is 26.2 Å². The van der Waals surface area contributed by atoms with Gasteiger partial charge in [-0.2, -0.15) is 0 Å². The zero-order chi connectivity index (χ0) is 65.2. The summed E-state index contributed by atoms with van der Waals surface area (Å²) in [5.41, 5.74) is 2.16. The monoisotopic (exact) mass is 1380 g/mol. The van der Waals surface area contributed by atoms with Crippen molar-refractivity contribution < 1.29 is 61.1 Å². The number of piperidine rings is 1. The smallest absolute Gasteiger partial charge is 0.329 e. The highest BCUT2D eigenvalue weighted by atomic mass is 127. The average molecular weight is 1380 g/mol. The van der Waals surface area contributed by atoms with Crippen LogP contribution in [0.1, 0.15) is 174 Å². The van der Waals surface area contributed by atoms with Gasteiger partial charge in [0.15, 0.2) is 25.7 Å². The number of benzene rings is 2. The van der Waals surface area contributed by atoms with Crippen LogP contribution in [0.4, 0.5) is 0 Å². The molecular formula is C72H112INO13Si2. The first-order valence-electron chi connectivity index (χ1n) is 33.4.